The summed E-state index contributed by atoms with van der Waals surface area (Å²) in [6.07, 6.45) is 3.44. The number of amides is 1. The smallest absolute Gasteiger partial charge is 0.223 e. The number of hydrogen-bond donors (Lipinski definition) is 2. The fourth-order valence-electron chi connectivity index (χ4n) is 4.46. The van der Waals surface area contributed by atoms with Crippen molar-refractivity contribution in [1.82, 2.24) is 20.5 Å². The summed E-state index contributed by atoms with van der Waals surface area (Å²) in [6.45, 7) is 6.21. The van der Waals surface area contributed by atoms with Crippen LogP contribution in [0.2, 0.25) is 0 Å². The molecule has 0 saturated carbocycles. The van der Waals surface area contributed by atoms with Crippen molar-refractivity contribution >= 4 is 17.7 Å². The Morgan fingerprint density at radius 3 is 2.47 bits per heavy atom. The normalized spacial score (nSPS) is 16.8. The van der Waals surface area contributed by atoms with Crippen molar-refractivity contribution in [3.63, 3.8) is 0 Å². The summed E-state index contributed by atoms with van der Waals surface area (Å²) in [6, 6.07) is 14.9. The lowest BCUT2D eigenvalue weighted by Gasteiger charge is -2.34. The number of aryl methyl sites for hydroxylation is 1. The Labute approximate surface area is 190 Å². The summed E-state index contributed by atoms with van der Waals surface area (Å²) in [5.41, 5.74) is 3.60. The highest BCUT2D eigenvalue weighted by Crippen LogP contribution is 2.23. The van der Waals surface area contributed by atoms with Crippen molar-refractivity contribution < 1.29 is 4.79 Å². The standard InChI is InChI=1S/C25H34N6O/c1-19-7-5-10-23(28-19)30-15-12-22(13-16-30)29-25(26-2)27-14-6-11-24(32)31-17-20-8-3-4-9-21(20)18-31/h3-5,7-10,22H,6,11-18H2,1-2H3,(H2,26,27,29). The van der Waals surface area contributed by atoms with Crippen molar-refractivity contribution in [2.24, 2.45) is 4.99 Å². The fourth-order valence-corrected chi connectivity index (χ4v) is 4.46. The number of fused-ring (bicyclic) bond motifs is 1. The molecule has 32 heavy (non-hydrogen) atoms. The largest absolute Gasteiger partial charge is 0.356 e. The number of aromatic nitrogens is 1. The third-order valence-corrected chi connectivity index (χ3v) is 6.31. The highest BCUT2D eigenvalue weighted by molar-refractivity contribution is 5.80. The Morgan fingerprint density at radius 2 is 1.81 bits per heavy atom. The molecule has 2 N–H and O–H groups in total. The number of rotatable bonds is 6. The van der Waals surface area contributed by atoms with Gasteiger partial charge in [-0.3, -0.25) is 9.79 Å². The first-order valence-electron chi connectivity index (χ1n) is 11.6. The van der Waals surface area contributed by atoms with Gasteiger partial charge in [-0.05, 0) is 49.4 Å². The molecule has 3 heterocycles. The molecule has 7 heteroatoms. The molecule has 1 aromatic heterocycles. The number of benzene rings is 1. The van der Waals surface area contributed by atoms with E-state index in [9.17, 15) is 4.79 Å². The predicted molar refractivity (Wildman–Crippen MR) is 129 cm³/mol. The highest BCUT2D eigenvalue weighted by Gasteiger charge is 2.23. The molecule has 0 spiro atoms. The first kappa shape index (κ1) is 22.1. The van der Waals surface area contributed by atoms with Crippen LogP contribution in [0.1, 0.15) is 42.5 Å². The first-order chi connectivity index (χ1) is 15.6. The molecule has 4 rings (SSSR count). The molecule has 0 radical (unpaired) electrons. The molecule has 0 bridgehead atoms. The van der Waals surface area contributed by atoms with E-state index in [1.807, 2.05) is 30.0 Å². The van der Waals surface area contributed by atoms with Crippen molar-refractivity contribution in [3.05, 3.63) is 59.3 Å². The molecule has 0 aliphatic carbocycles. The van der Waals surface area contributed by atoms with Gasteiger partial charge in [0.15, 0.2) is 5.96 Å². The molecule has 0 unspecified atom stereocenters. The van der Waals surface area contributed by atoms with E-state index in [4.69, 9.17) is 0 Å². The zero-order valence-corrected chi connectivity index (χ0v) is 19.2. The van der Waals surface area contributed by atoms with Crippen LogP contribution < -0.4 is 15.5 Å². The van der Waals surface area contributed by atoms with Crippen LogP contribution >= 0.6 is 0 Å². The lowest BCUT2D eigenvalue weighted by Crippen LogP contribution is -2.49. The molecular formula is C25H34N6O. The Bertz CT molecular complexity index is 926. The maximum atomic E-state index is 12.6. The molecule has 1 fully saturated rings. The van der Waals surface area contributed by atoms with Gasteiger partial charge in [0.1, 0.15) is 5.82 Å². The van der Waals surface area contributed by atoms with Gasteiger partial charge in [-0.25, -0.2) is 4.98 Å². The van der Waals surface area contributed by atoms with Crippen molar-refractivity contribution in [3.8, 4) is 0 Å². The number of aliphatic imine (C=N–C) groups is 1. The number of nitrogens with zero attached hydrogens (tertiary/aromatic N) is 4. The Balaban J connectivity index is 1.14. The maximum absolute atomic E-state index is 12.6. The quantitative estimate of drug-likeness (QED) is 0.416. The van der Waals surface area contributed by atoms with Crippen LogP contribution in [0.3, 0.4) is 0 Å². The van der Waals surface area contributed by atoms with Crippen LogP contribution in [0.5, 0.6) is 0 Å². The molecular weight excluding hydrogens is 400 g/mol. The van der Waals surface area contributed by atoms with Gasteiger partial charge in [-0.15, -0.1) is 0 Å². The number of guanidine groups is 1. The minimum absolute atomic E-state index is 0.225. The summed E-state index contributed by atoms with van der Waals surface area (Å²) in [7, 11) is 1.80. The number of anilines is 1. The van der Waals surface area contributed by atoms with Gasteiger partial charge in [0.05, 0.1) is 0 Å². The summed E-state index contributed by atoms with van der Waals surface area (Å²) in [5, 5.41) is 6.91. The summed E-state index contributed by atoms with van der Waals surface area (Å²) in [5.74, 6) is 2.11. The van der Waals surface area contributed by atoms with E-state index >= 15 is 0 Å². The van der Waals surface area contributed by atoms with Crippen LogP contribution in [-0.2, 0) is 17.9 Å². The van der Waals surface area contributed by atoms with Crippen molar-refractivity contribution in [1.29, 1.82) is 0 Å². The van der Waals surface area contributed by atoms with E-state index in [1.165, 1.54) is 11.1 Å². The number of carbonyl (C=O) groups is 1. The van der Waals surface area contributed by atoms with E-state index < -0.39 is 0 Å². The van der Waals surface area contributed by atoms with Gasteiger partial charge in [0, 0.05) is 57.9 Å². The third kappa shape index (κ3) is 5.58. The van der Waals surface area contributed by atoms with Gasteiger partial charge < -0.3 is 20.4 Å². The van der Waals surface area contributed by atoms with Crippen LogP contribution in [0.4, 0.5) is 5.82 Å². The number of piperidine rings is 1. The summed E-state index contributed by atoms with van der Waals surface area (Å²) in [4.78, 5) is 25.9. The molecule has 2 aromatic rings. The van der Waals surface area contributed by atoms with E-state index in [1.54, 1.807) is 7.05 Å². The second-order valence-corrected chi connectivity index (χ2v) is 8.66. The molecule has 1 aromatic carbocycles. The number of carbonyl (C=O) groups excluding carboxylic acids is 1. The van der Waals surface area contributed by atoms with Crippen LogP contribution in [0, 0.1) is 6.92 Å². The molecule has 0 atom stereocenters. The molecule has 2 aliphatic rings. The average molecular weight is 435 g/mol. The van der Waals surface area contributed by atoms with Crippen LogP contribution in [-0.4, -0.2) is 54.5 Å². The zero-order chi connectivity index (χ0) is 22.3. The van der Waals surface area contributed by atoms with Crippen molar-refractivity contribution in [2.75, 3.05) is 31.6 Å². The van der Waals surface area contributed by atoms with E-state index in [0.29, 0.717) is 12.5 Å². The number of hydrogen-bond acceptors (Lipinski definition) is 4. The van der Waals surface area contributed by atoms with Gasteiger partial charge >= 0.3 is 0 Å². The monoisotopic (exact) mass is 434 g/mol. The average Bonchev–Trinajstić information content (AvgIpc) is 3.26. The van der Waals surface area contributed by atoms with E-state index in [-0.39, 0.29) is 5.91 Å². The van der Waals surface area contributed by atoms with E-state index in [2.05, 4.69) is 49.8 Å². The second kappa shape index (κ2) is 10.5. The van der Waals surface area contributed by atoms with Crippen molar-refractivity contribution in [2.45, 2.75) is 51.7 Å². The Hall–Kier alpha value is -3.09. The summed E-state index contributed by atoms with van der Waals surface area (Å²) >= 11 is 0. The van der Waals surface area contributed by atoms with Gasteiger partial charge in [-0.1, -0.05) is 30.3 Å². The van der Waals surface area contributed by atoms with Gasteiger partial charge in [0.2, 0.25) is 5.91 Å². The summed E-state index contributed by atoms with van der Waals surface area (Å²) < 4.78 is 0. The Morgan fingerprint density at radius 1 is 1.09 bits per heavy atom. The molecule has 1 amide bonds. The molecule has 170 valence electrons. The SMILES string of the molecule is CN=C(NCCCC(=O)N1Cc2ccccc2C1)NC1CCN(c2cccc(C)n2)CC1. The fraction of sp³-hybridized carbons (Fsp3) is 0.480. The topological polar surface area (TPSA) is 72.9 Å². The third-order valence-electron chi connectivity index (χ3n) is 6.31. The van der Waals surface area contributed by atoms with Gasteiger partial charge in [-0.2, -0.15) is 0 Å². The minimum Gasteiger partial charge on any atom is -0.356 e. The van der Waals surface area contributed by atoms with Crippen LogP contribution in [0.15, 0.2) is 47.5 Å². The maximum Gasteiger partial charge on any atom is 0.223 e. The first-order valence-corrected chi connectivity index (χ1v) is 11.6. The second-order valence-electron chi connectivity index (χ2n) is 8.66. The van der Waals surface area contributed by atoms with Gasteiger partial charge in [0.25, 0.3) is 0 Å². The zero-order valence-electron chi connectivity index (χ0n) is 19.2. The molecule has 2 aliphatic heterocycles. The molecule has 1 saturated heterocycles. The molecule has 7 nitrogen and oxygen atoms in total. The lowest BCUT2D eigenvalue weighted by molar-refractivity contribution is -0.131. The minimum atomic E-state index is 0.225. The number of pyridine rings is 1. The Kier molecular flexibility index (Phi) is 7.24. The number of nitrogens with one attached hydrogen (secondary N) is 2. The van der Waals surface area contributed by atoms with Crippen LogP contribution in [0.25, 0.3) is 0 Å². The van der Waals surface area contributed by atoms with E-state index in [0.717, 1.165) is 69.5 Å². The lowest BCUT2D eigenvalue weighted by atomic mass is 10.1. The highest BCUT2D eigenvalue weighted by atomic mass is 16.2. The predicted octanol–water partition coefficient (Wildman–Crippen LogP) is 2.85.